The molecule has 172 valence electrons. The van der Waals surface area contributed by atoms with Crippen molar-refractivity contribution in [3.63, 3.8) is 0 Å². The van der Waals surface area contributed by atoms with Gasteiger partial charge in [-0.3, -0.25) is 0 Å². The lowest BCUT2D eigenvalue weighted by molar-refractivity contribution is 0.102. The minimum atomic E-state index is 0. The van der Waals surface area contributed by atoms with Gasteiger partial charge in [-0.25, -0.2) is 17.7 Å². The van der Waals surface area contributed by atoms with Gasteiger partial charge in [0.2, 0.25) is 0 Å². The third-order valence-corrected chi connectivity index (χ3v) is 3.18. The van der Waals surface area contributed by atoms with E-state index in [1.54, 1.807) is 48.5 Å². The Morgan fingerprint density at radius 3 is 1.61 bits per heavy atom. The Balaban J connectivity index is 0. The summed E-state index contributed by atoms with van der Waals surface area (Å²) >= 11 is 0. The molecule has 0 radical (unpaired) electrons. The van der Waals surface area contributed by atoms with Gasteiger partial charge >= 0.3 is 0 Å². The predicted molar refractivity (Wildman–Crippen MR) is 115 cm³/mol. The third kappa shape index (κ3) is 13.7. The van der Waals surface area contributed by atoms with E-state index in [2.05, 4.69) is 20.7 Å². The number of hydrogen-bond acceptors (Lipinski definition) is 11. The van der Waals surface area contributed by atoms with Gasteiger partial charge in [0.15, 0.2) is 5.84 Å². The van der Waals surface area contributed by atoms with Crippen LogP contribution in [0.25, 0.3) is 0 Å². The minimum absolute atomic E-state index is 0. The lowest BCUT2D eigenvalue weighted by atomic mass is 10.2. The first-order valence-corrected chi connectivity index (χ1v) is 8.37. The summed E-state index contributed by atoms with van der Waals surface area (Å²) in [6, 6.07) is 15.7. The molecule has 2 rings (SSSR count). The van der Waals surface area contributed by atoms with Crippen molar-refractivity contribution in [2.75, 3.05) is 26.4 Å². The molecule has 0 aliphatic carbocycles. The van der Waals surface area contributed by atoms with Crippen molar-refractivity contribution in [1.29, 1.82) is 5.26 Å². The molecule has 13 heteroatoms. The van der Waals surface area contributed by atoms with Crippen molar-refractivity contribution in [3.05, 3.63) is 59.7 Å². The highest BCUT2D eigenvalue weighted by molar-refractivity contribution is 5.97. The molecule has 0 heterocycles. The van der Waals surface area contributed by atoms with Crippen LogP contribution >= 0.6 is 12.4 Å². The summed E-state index contributed by atoms with van der Waals surface area (Å²) in [7, 11) is 0. The van der Waals surface area contributed by atoms with Crippen LogP contribution in [-0.4, -0.2) is 42.7 Å². The number of oxime groups is 1. The molecule has 0 aliphatic rings. The maximum atomic E-state index is 8.52. The fraction of sp³-hybridized carbons (Fsp3) is 0.222. The van der Waals surface area contributed by atoms with Crippen LogP contribution in [0.4, 0.5) is 0 Å². The van der Waals surface area contributed by atoms with Gasteiger partial charge in [0.25, 0.3) is 0 Å². The Bertz CT molecular complexity index is 756. The number of nitriles is 1. The minimum Gasteiger partial charge on any atom is -0.491 e. The molecule has 2 aromatic rings. The largest absolute Gasteiger partial charge is 0.491 e. The monoisotopic (exact) mass is 458 g/mol. The van der Waals surface area contributed by atoms with Crippen LogP contribution in [0.3, 0.4) is 0 Å². The van der Waals surface area contributed by atoms with Crippen molar-refractivity contribution in [3.8, 4) is 17.6 Å². The molecule has 0 amide bonds. The summed E-state index contributed by atoms with van der Waals surface area (Å²) in [4.78, 5) is 8.68. The van der Waals surface area contributed by atoms with Crippen molar-refractivity contribution < 1.29 is 29.6 Å². The normalized spacial score (nSPS) is 9.58. The first-order chi connectivity index (χ1) is 14.6. The SMILES string of the molecule is Cl.N#Cc1ccc(OCCON)cc1.NO.NOCCOc1ccc(C(N)=NO)cc1. The summed E-state index contributed by atoms with van der Waals surface area (Å²) in [5.74, 6) is 14.6. The van der Waals surface area contributed by atoms with E-state index >= 15 is 0 Å². The summed E-state index contributed by atoms with van der Waals surface area (Å²) in [5, 5.41) is 26.3. The first-order valence-electron chi connectivity index (χ1n) is 8.37. The van der Waals surface area contributed by atoms with E-state index in [0.717, 1.165) is 0 Å². The molecule has 0 aliphatic heterocycles. The van der Waals surface area contributed by atoms with Gasteiger partial charge in [-0.1, -0.05) is 5.16 Å². The molecule has 0 aromatic heterocycles. The summed E-state index contributed by atoms with van der Waals surface area (Å²) in [6.07, 6.45) is 0. The number of benzene rings is 2. The second-order valence-corrected chi connectivity index (χ2v) is 5.08. The molecule has 0 spiro atoms. The van der Waals surface area contributed by atoms with E-state index in [9.17, 15) is 0 Å². The number of hydrogen-bond donors (Lipinski definition) is 6. The van der Waals surface area contributed by atoms with Crippen molar-refractivity contribution >= 4 is 18.2 Å². The maximum absolute atomic E-state index is 8.52. The van der Waals surface area contributed by atoms with Gasteiger partial charge in [-0.05, 0) is 48.5 Å². The topological polar surface area (TPSA) is 218 Å². The van der Waals surface area contributed by atoms with Crippen molar-refractivity contribution in [2.45, 2.75) is 0 Å². The zero-order chi connectivity index (χ0) is 22.6. The van der Waals surface area contributed by atoms with Crippen LogP contribution in [0, 0.1) is 11.3 Å². The molecule has 0 atom stereocenters. The molecule has 0 fully saturated rings. The first kappa shape index (κ1) is 30.0. The van der Waals surface area contributed by atoms with Crippen LogP contribution in [0.5, 0.6) is 11.5 Å². The molecule has 31 heavy (non-hydrogen) atoms. The quantitative estimate of drug-likeness (QED) is 0.100. The Kier molecular flexibility index (Phi) is 19.5. The molecule has 0 bridgehead atoms. The van der Waals surface area contributed by atoms with Crippen LogP contribution in [-0.2, 0) is 9.68 Å². The Hall–Kier alpha value is -3.15. The van der Waals surface area contributed by atoms with Gasteiger partial charge in [0, 0.05) is 5.56 Å². The predicted octanol–water partition coefficient (Wildman–Crippen LogP) is 0.634. The fourth-order valence-electron chi connectivity index (χ4n) is 1.82. The number of rotatable bonds is 9. The summed E-state index contributed by atoms with van der Waals surface area (Å²) < 4.78 is 10.5. The molecule has 0 saturated heterocycles. The maximum Gasteiger partial charge on any atom is 0.170 e. The molecule has 0 unspecified atom stereocenters. The second kappa shape index (κ2) is 20.1. The Labute approximate surface area is 185 Å². The number of amidine groups is 1. The highest BCUT2D eigenvalue weighted by Crippen LogP contribution is 2.12. The second-order valence-electron chi connectivity index (χ2n) is 5.08. The van der Waals surface area contributed by atoms with E-state index in [1.165, 1.54) is 0 Å². The van der Waals surface area contributed by atoms with Crippen LogP contribution in [0.1, 0.15) is 11.1 Å². The third-order valence-electron chi connectivity index (χ3n) is 3.18. The van der Waals surface area contributed by atoms with E-state index in [0.29, 0.717) is 49.1 Å². The van der Waals surface area contributed by atoms with Crippen LogP contribution in [0.15, 0.2) is 53.7 Å². The number of nitrogens with zero attached hydrogens (tertiary/aromatic N) is 2. The standard InChI is InChI=1S/C9H13N3O3.C9H10N2O2.ClH.H3NO/c10-9(12-13)7-1-3-8(4-2-7)14-5-6-15-11;10-7-8-1-3-9(4-2-8)12-5-6-13-11;;1-2/h1-4,13H,5-6,11H2,(H2,10,12);1-4H,5-6,11H2;1H;2H,1H2. The van der Waals surface area contributed by atoms with Crippen molar-refractivity contribution in [1.82, 2.24) is 0 Å². The Morgan fingerprint density at radius 2 is 1.26 bits per heavy atom. The molecule has 0 saturated carbocycles. The van der Waals surface area contributed by atoms with E-state index in [1.807, 2.05) is 6.07 Å². The highest BCUT2D eigenvalue weighted by Gasteiger charge is 1.99. The molecular formula is C18H27ClN6O6. The molecule has 10 N–H and O–H groups in total. The van der Waals surface area contributed by atoms with Crippen LogP contribution < -0.4 is 32.9 Å². The zero-order valence-electron chi connectivity index (χ0n) is 16.6. The number of halogens is 1. The van der Waals surface area contributed by atoms with E-state index < -0.39 is 0 Å². The van der Waals surface area contributed by atoms with E-state index in [-0.39, 0.29) is 18.2 Å². The average Bonchev–Trinajstić information content (AvgIpc) is 2.81. The number of nitrogens with two attached hydrogens (primary N) is 4. The van der Waals surface area contributed by atoms with E-state index in [4.69, 9.17) is 42.7 Å². The van der Waals surface area contributed by atoms with Gasteiger partial charge in [0.1, 0.15) is 37.9 Å². The number of ether oxygens (including phenoxy) is 2. The van der Waals surface area contributed by atoms with Gasteiger partial charge < -0.3 is 35.3 Å². The van der Waals surface area contributed by atoms with Gasteiger partial charge in [-0.15, -0.1) is 12.4 Å². The lowest BCUT2D eigenvalue weighted by Crippen LogP contribution is -2.13. The molecule has 12 nitrogen and oxygen atoms in total. The van der Waals surface area contributed by atoms with Gasteiger partial charge in [-0.2, -0.15) is 5.26 Å². The zero-order valence-corrected chi connectivity index (χ0v) is 17.4. The fourth-order valence-corrected chi connectivity index (χ4v) is 1.82. The molecular weight excluding hydrogens is 432 g/mol. The van der Waals surface area contributed by atoms with Crippen molar-refractivity contribution in [2.24, 2.45) is 28.6 Å². The Morgan fingerprint density at radius 1 is 0.839 bits per heavy atom. The lowest BCUT2D eigenvalue weighted by Gasteiger charge is -2.05. The summed E-state index contributed by atoms with van der Waals surface area (Å²) in [5.41, 5.74) is 6.63. The molecule has 2 aromatic carbocycles. The van der Waals surface area contributed by atoms with Crippen LogP contribution in [0.2, 0.25) is 0 Å². The van der Waals surface area contributed by atoms with Gasteiger partial charge in [0.05, 0.1) is 11.6 Å². The highest BCUT2D eigenvalue weighted by atomic mass is 35.5. The smallest absolute Gasteiger partial charge is 0.170 e. The average molecular weight is 459 g/mol. The summed E-state index contributed by atoms with van der Waals surface area (Å²) in [6.45, 7) is 1.45.